The van der Waals surface area contributed by atoms with Crippen LogP contribution < -0.4 is 16.2 Å². The summed E-state index contributed by atoms with van der Waals surface area (Å²) < 4.78 is 5.50. The van der Waals surface area contributed by atoms with Gasteiger partial charge in [0.15, 0.2) is 0 Å². The monoisotopic (exact) mass is 509 g/mol. The van der Waals surface area contributed by atoms with E-state index in [0.717, 1.165) is 34.2 Å². The van der Waals surface area contributed by atoms with Crippen molar-refractivity contribution in [1.82, 2.24) is 13.9 Å². The molecular weight excluding hydrogens is 478 g/mol. The molecule has 38 heavy (non-hydrogen) atoms. The molecule has 2 amide bonds. The fraction of sp³-hybridized carbons (Fsp3) is 0.233. The van der Waals surface area contributed by atoms with Gasteiger partial charge in [0.1, 0.15) is 5.69 Å². The van der Waals surface area contributed by atoms with Crippen molar-refractivity contribution in [2.45, 2.75) is 39.7 Å². The summed E-state index contributed by atoms with van der Waals surface area (Å²) in [5.74, 6) is -0.448. The van der Waals surface area contributed by atoms with E-state index in [1.54, 1.807) is 18.7 Å². The van der Waals surface area contributed by atoms with Gasteiger partial charge in [-0.15, -0.1) is 0 Å². The number of amides is 2. The number of aryl methyl sites for hydroxylation is 1. The highest BCUT2D eigenvalue weighted by atomic mass is 16.2. The van der Waals surface area contributed by atoms with Crippen LogP contribution in [0.4, 0.5) is 11.4 Å². The lowest BCUT2D eigenvalue weighted by Gasteiger charge is -2.07. The Bertz CT molecular complexity index is 1710. The minimum absolute atomic E-state index is 0.134. The first-order chi connectivity index (χ1) is 18.4. The Morgan fingerprint density at radius 3 is 2.21 bits per heavy atom. The number of carbonyl (C=O) groups excluding carboxylic acids is 2. The van der Waals surface area contributed by atoms with Gasteiger partial charge in [-0.25, -0.2) is 4.68 Å². The third-order valence-electron chi connectivity index (χ3n) is 7.00. The first-order valence-corrected chi connectivity index (χ1v) is 12.8. The molecule has 0 spiro atoms. The molecule has 2 heterocycles. The normalized spacial score (nSPS) is 11.2. The van der Waals surface area contributed by atoms with Crippen LogP contribution in [-0.4, -0.2) is 25.7 Å². The SMILES string of the molecule is CCn1c2ccccc2c2cc(NC(=O)CCCC(=O)Nc3c(C)n(C)n(-c4ccccc4)c3=O)ccc21. The van der Waals surface area contributed by atoms with E-state index in [1.807, 2.05) is 60.7 Å². The number of benzene rings is 3. The number of nitrogens with zero attached hydrogens (tertiary/aromatic N) is 3. The Kier molecular flexibility index (Phi) is 6.87. The largest absolute Gasteiger partial charge is 0.341 e. The first kappa shape index (κ1) is 25.1. The molecule has 2 aromatic heterocycles. The molecule has 3 aromatic carbocycles. The van der Waals surface area contributed by atoms with E-state index < -0.39 is 0 Å². The van der Waals surface area contributed by atoms with E-state index in [4.69, 9.17) is 0 Å². The van der Waals surface area contributed by atoms with Crippen LogP contribution in [0.25, 0.3) is 27.5 Å². The summed E-state index contributed by atoms with van der Waals surface area (Å²) in [4.78, 5) is 38.2. The van der Waals surface area contributed by atoms with Crippen molar-refractivity contribution in [3.63, 3.8) is 0 Å². The van der Waals surface area contributed by atoms with Gasteiger partial charge in [-0.05, 0) is 56.7 Å². The van der Waals surface area contributed by atoms with Gasteiger partial charge in [0.25, 0.3) is 5.56 Å². The summed E-state index contributed by atoms with van der Waals surface area (Å²) >= 11 is 0. The summed E-state index contributed by atoms with van der Waals surface area (Å²) in [7, 11) is 1.78. The summed E-state index contributed by atoms with van der Waals surface area (Å²) in [6.45, 7) is 4.77. The van der Waals surface area contributed by atoms with Crippen LogP contribution in [0.1, 0.15) is 31.9 Å². The predicted octanol–water partition coefficient (Wildman–Crippen LogP) is 5.36. The molecule has 8 heteroatoms. The topological polar surface area (TPSA) is 90.1 Å². The Balaban J connectivity index is 1.21. The Labute approximate surface area is 220 Å². The molecule has 0 aliphatic rings. The van der Waals surface area contributed by atoms with Gasteiger partial charge in [-0.2, -0.15) is 0 Å². The molecule has 0 aliphatic heterocycles. The van der Waals surface area contributed by atoms with E-state index in [-0.39, 0.29) is 35.9 Å². The fourth-order valence-electron chi connectivity index (χ4n) is 5.02. The lowest BCUT2D eigenvalue weighted by molar-refractivity contribution is -0.117. The van der Waals surface area contributed by atoms with Crippen LogP contribution in [0.2, 0.25) is 0 Å². The Morgan fingerprint density at radius 1 is 0.816 bits per heavy atom. The number of rotatable bonds is 8. The van der Waals surface area contributed by atoms with Crippen molar-refractivity contribution in [2.75, 3.05) is 10.6 Å². The van der Waals surface area contributed by atoms with E-state index in [0.29, 0.717) is 12.1 Å². The molecule has 0 aliphatic carbocycles. The van der Waals surface area contributed by atoms with E-state index in [1.165, 1.54) is 10.2 Å². The second-order valence-corrected chi connectivity index (χ2v) is 9.38. The number of carbonyl (C=O) groups is 2. The highest BCUT2D eigenvalue weighted by Gasteiger charge is 2.18. The third kappa shape index (κ3) is 4.61. The summed E-state index contributed by atoms with van der Waals surface area (Å²) in [5.41, 5.74) is 4.37. The Hall–Kier alpha value is -4.59. The highest BCUT2D eigenvalue weighted by molar-refractivity contribution is 6.09. The van der Waals surface area contributed by atoms with Gasteiger partial charge in [0.05, 0.1) is 11.4 Å². The van der Waals surface area contributed by atoms with Gasteiger partial charge >= 0.3 is 0 Å². The molecule has 0 atom stereocenters. The molecule has 8 nitrogen and oxygen atoms in total. The van der Waals surface area contributed by atoms with Gasteiger partial charge in [0, 0.05) is 53.9 Å². The lowest BCUT2D eigenvalue weighted by Crippen LogP contribution is -2.23. The van der Waals surface area contributed by atoms with E-state index in [9.17, 15) is 14.4 Å². The lowest BCUT2D eigenvalue weighted by atomic mass is 10.1. The van der Waals surface area contributed by atoms with Crippen molar-refractivity contribution >= 4 is 45.0 Å². The van der Waals surface area contributed by atoms with Crippen LogP contribution >= 0.6 is 0 Å². The number of nitrogens with one attached hydrogen (secondary N) is 2. The minimum atomic E-state index is -0.294. The fourth-order valence-corrected chi connectivity index (χ4v) is 5.02. The highest BCUT2D eigenvalue weighted by Crippen LogP contribution is 2.31. The van der Waals surface area contributed by atoms with Crippen LogP contribution in [0.5, 0.6) is 0 Å². The number of anilines is 2. The number of fused-ring (bicyclic) bond motifs is 3. The summed E-state index contributed by atoms with van der Waals surface area (Å²) in [6.07, 6.45) is 0.702. The van der Waals surface area contributed by atoms with Gasteiger partial charge in [-0.3, -0.25) is 19.1 Å². The van der Waals surface area contributed by atoms with Crippen LogP contribution in [0.3, 0.4) is 0 Å². The second-order valence-electron chi connectivity index (χ2n) is 9.38. The molecule has 0 unspecified atom stereocenters. The zero-order valence-electron chi connectivity index (χ0n) is 21.8. The second kappa shape index (κ2) is 10.4. The average molecular weight is 510 g/mol. The van der Waals surface area contributed by atoms with E-state index in [2.05, 4.69) is 34.3 Å². The molecule has 0 saturated heterocycles. The molecular formula is C30H31N5O3. The number of para-hydroxylation sites is 2. The molecule has 5 rings (SSSR count). The van der Waals surface area contributed by atoms with E-state index >= 15 is 0 Å². The molecule has 0 saturated carbocycles. The van der Waals surface area contributed by atoms with Crippen molar-refractivity contribution in [1.29, 1.82) is 0 Å². The molecule has 0 fully saturated rings. The molecule has 2 N–H and O–H groups in total. The van der Waals surface area contributed by atoms with Crippen molar-refractivity contribution < 1.29 is 9.59 Å². The minimum Gasteiger partial charge on any atom is -0.341 e. The third-order valence-corrected chi connectivity index (χ3v) is 7.00. The zero-order chi connectivity index (χ0) is 26.8. The van der Waals surface area contributed by atoms with Crippen LogP contribution in [-0.2, 0) is 23.2 Å². The van der Waals surface area contributed by atoms with Crippen LogP contribution in [0.15, 0.2) is 77.6 Å². The molecule has 194 valence electrons. The zero-order valence-corrected chi connectivity index (χ0v) is 21.8. The maximum atomic E-state index is 13.0. The van der Waals surface area contributed by atoms with Gasteiger partial charge in [0.2, 0.25) is 11.8 Å². The van der Waals surface area contributed by atoms with Gasteiger partial charge in [-0.1, -0.05) is 36.4 Å². The summed E-state index contributed by atoms with van der Waals surface area (Å²) in [5, 5.41) is 7.96. The smallest absolute Gasteiger partial charge is 0.295 e. The molecule has 0 bridgehead atoms. The van der Waals surface area contributed by atoms with Gasteiger partial charge < -0.3 is 15.2 Å². The molecule has 0 radical (unpaired) electrons. The quantitative estimate of drug-likeness (QED) is 0.295. The maximum Gasteiger partial charge on any atom is 0.295 e. The van der Waals surface area contributed by atoms with Crippen molar-refractivity contribution in [3.05, 3.63) is 88.8 Å². The first-order valence-electron chi connectivity index (χ1n) is 12.8. The number of hydrogen-bond donors (Lipinski definition) is 2. The standard InChI is InChI=1S/C30H31N5O3/c1-4-34-25-14-9-8-13-23(25)24-19-21(17-18-26(24)34)31-27(36)15-10-16-28(37)32-29-20(2)33(3)35(30(29)38)22-11-6-5-7-12-22/h5-9,11-14,17-19H,4,10,15-16H2,1-3H3,(H,31,36)(H,32,37). The number of hydrogen-bond acceptors (Lipinski definition) is 3. The van der Waals surface area contributed by atoms with Crippen molar-refractivity contribution in [2.24, 2.45) is 7.05 Å². The maximum absolute atomic E-state index is 13.0. The predicted molar refractivity (Wildman–Crippen MR) is 152 cm³/mol. The number of aromatic nitrogens is 3. The Morgan fingerprint density at radius 2 is 1.47 bits per heavy atom. The average Bonchev–Trinajstić information content (AvgIpc) is 3.35. The summed E-state index contributed by atoms with van der Waals surface area (Å²) in [6, 6.07) is 23.5. The van der Waals surface area contributed by atoms with Crippen molar-refractivity contribution in [3.8, 4) is 5.69 Å². The van der Waals surface area contributed by atoms with Crippen LogP contribution in [0, 0.1) is 6.92 Å². The molecule has 5 aromatic rings.